The molecule has 0 aromatic carbocycles. The van der Waals surface area contributed by atoms with Crippen molar-refractivity contribution in [2.45, 2.75) is 12.8 Å². The number of aromatic nitrogens is 4. The summed E-state index contributed by atoms with van der Waals surface area (Å²) in [5.74, 6) is 1.51. The van der Waals surface area contributed by atoms with E-state index in [2.05, 4.69) is 32.8 Å². The predicted octanol–water partition coefficient (Wildman–Crippen LogP) is -0.0362. The van der Waals surface area contributed by atoms with E-state index < -0.39 is 0 Å². The number of nitrogens with one attached hydrogen (secondary N) is 1. The van der Waals surface area contributed by atoms with E-state index in [-0.39, 0.29) is 0 Å². The fraction of sp³-hybridized carbons (Fsp3) is 0.889. The molecule has 0 bridgehead atoms. The van der Waals surface area contributed by atoms with Crippen LogP contribution in [0.1, 0.15) is 12.8 Å². The summed E-state index contributed by atoms with van der Waals surface area (Å²) in [5.41, 5.74) is 0. The predicted molar refractivity (Wildman–Crippen MR) is 57.5 cm³/mol. The van der Waals surface area contributed by atoms with Crippen LogP contribution < -0.4 is 5.32 Å². The van der Waals surface area contributed by atoms with Crippen molar-refractivity contribution in [3.05, 3.63) is 0 Å². The molecule has 15 heavy (non-hydrogen) atoms. The lowest BCUT2D eigenvalue weighted by Gasteiger charge is -2.28. The number of anilines is 1. The number of likely N-dealkylation sites (tertiary alicyclic amines) is 1. The lowest BCUT2D eigenvalue weighted by Crippen LogP contribution is -2.33. The van der Waals surface area contributed by atoms with Gasteiger partial charge in [-0.15, -0.1) is 0 Å². The third kappa shape index (κ3) is 2.65. The summed E-state index contributed by atoms with van der Waals surface area (Å²) in [7, 11) is 4.02. The van der Waals surface area contributed by atoms with Crippen LogP contribution >= 0.6 is 0 Å². The number of aryl methyl sites for hydroxylation is 1. The minimum Gasteiger partial charge on any atom is -0.353 e. The first-order chi connectivity index (χ1) is 7.25. The van der Waals surface area contributed by atoms with Crippen molar-refractivity contribution in [1.82, 2.24) is 25.1 Å². The molecule has 1 fully saturated rings. The maximum Gasteiger partial charge on any atom is 0.242 e. The Hall–Kier alpha value is -1.17. The van der Waals surface area contributed by atoms with Gasteiger partial charge >= 0.3 is 0 Å². The van der Waals surface area contributed by atoms with E-state index in [1.54, 1.807) is 4.68 Å². The number of hydrogen-bond donors (Lipinski definition) is 1. The van der Waals surface area contributed by atoms with E-state index in [0.717, 1.165) is 18.4 Å². The van der Waals surface area contributed by atoms with Crippen LogP contribution in [0.15, 0.2) is 0 Å². The van der Waals surface area contributed by atoms with Gasteiger partial charge in [0.15, 0.2) is 0 Å². The van der Waals surface area contributed by atoms with Crippen LogP contribution in [0.2, 0.25) is 0 Å². The van der Waals surface area contributed by atoms with Crippen molar-refractivity contribution in [1.29, 1.82) is 0 Å². The van der Waals surface area contributed by atoms with Crippen molar-refractivity contribution >= 4 is 5.95 Å². The molecular weight excluding hydrogens is 192 g/mol. The first-order valence-corrected chi connectivity index (χ1v) is 5.40. The summed E-state index contributed by atoms with van der Waals surface area (Å²) in [6.07, 6.45) is 2.52. The molecule has 1 aromatic rings. The molecule has 0 amide bonds. The third-order valence-electron chi connectivity index (χ3n) is 3.01. The zero-order valence-electron chi connectivity index (χ0n) is 9.35. The highest BCUT2D eigenvalue weighted by Gasteiger charge is 2.16. The van der Waals surface area contributed by atoms with E-state index >= 15 is 0 Å². The van der Waals surface area contributed by atoms with Crippen molar-refractivity contribution in [2.75, 3.05) is 32.0 Å². The average molecular weight is 210 g/mol. The molecule has 0 saturated carbocycles. The normalized spacial score (nSPS) is 19.3. The second-order valence-electron chi connectivity index (χ2n) is 4.25. The van der Waals surface area contributed by atoms with Gasteiger partial charge in [0, 0.05) is 13.6 Å². The topological polar surface area (TPSA) is 58.9 Å². The van der Waals surface area contributed by atoms with Gasteiger partial charge in [-0.05, 0) is 49.3 Å². The average Bonchev–Trinajstić information content (AvgIpc) is 2.63. The molecule has 1 aliphatic rings. The van der Waals surface area contributed by atoms with Gasteiger partial charge in [-0.2, -0.15) is 0 Å². The maximum absolute atomic E-state index is 3.90. The minimum atomic E-state index is 0.748. The van der Waals surface area contributed by atoms with Gasteiger partial charge in [0.1, 0.15) is 0 Å². The van der Waals surface area contributed by atoms with E-state index in [1.807, 2.05) is 7.05 Å². The Morgan fingerprint density at radius 1 is 1.33 bits per heavy atom. The van der Waals surface area contributed by atoms with Gasteiger partial charge in [-0.25, -0.2) is 4.68 Å². The molecule has 0 spiro atoms. The Morgan fingerprint density at radius 3 is 2.67 bits per heavy atom. The van der Waals surface area contributed by atoms with Gasteiger partial charge in [0.2, 0.25) is 5.95 Å². The summed E-state index contributed by atoms with van der Waals surface area (Å²) < 4.78 is 1.66. The van der Waals surface area contributed by atoms with Crippen LogP contribution in [0, 0.1) is 5.92 Å². The second-order valence-corrected chi connectivity index (χ2v) is 4.25. The number of nitrogens with zero attached hydrogens (tertiary/aromatic N) is 5. The van der Waals surface area contributed by atoms with Crippen molar-refractivity contribution < 1.29 is 0 Å². The monoisotopic (exact) mass is 210 g/mol. The molecule has 84 valence electrons. The largest absolute Gasteiger partial charge is 0.353 e. The van der Waals surface area contributed by atoms with Gasteiger partial charge < -0.3 is 10.2 Å². The Morgan fingerprint density at radius 2 is 2.07 bits per heavy atom. The summed E-state index contributed by atoms with van der Waals surface area (Å²) in [4.78, 5) is 2.38. The lowest BCUT2D eigenvalue weighted by atomic mass is 9.97. The SMILES string of the molecule is CN1CCC(CNc2nnnn2C)CC1. The Kier molecular flexibility index (Phi) is 3.15. The van der Waals surface area contributed by atoms with Crippen LogP contribution in [-0.2, 0) is 7.05 Å². The van der Waals surface area contributed by atoms with E-state index in [0.29, 0.717) is 0 Å². The van der Waals surface area contributed by atoms with Crippen molar-refractivity contribution in [3.8, 4) is 0 Å². The number of hydrogen-bond acceptors (Lipinski definition) is 5. The quantitative estimate of drug-likeness (QED) is 0.759. The van der Waals surface area contributed by atoms with Gasteiger partial charge in [-0.1, -0.05) is 5.10 Å². The van der Waals surface area contributed by atoms with Crippen molar-refractivity contribution in [2.24, 2.45) is 13.0 Å². The second kappa shape index (κ2) is 4.57. The molecule has 1 aromatic heterocycles. The molecule has 0 unspecified atom stereocenters. The smallest absolute Gasteiger partial charge is 0.242 e. The molecule has 6 heteroatoms. The van der Waals surface area contributed by atoms with Gasteiger partial charge in [0.05, 0.1) is 0 Å². The molecule has 0 aliphatic carbocycles. The minimum absolute atomic E-state index is 0.748. The lowest BCUT2D eigenvalue weighted by molar-refractivity contribution is 0.226. The highest BCUT2D eigenvalue weighted by Crippen LogP contribution is 2.15. The molecule has 1 aliphatic heterocycles. The van der Waals surface area contributed by atoms with E-state index in [9.17, 15) is 0 Å². The Bertz CT molecular complexity index is 301. The summed E-state index contributed by atoms with van der Waals surface area (Å²) >= 11 is 0. The Labute approximate surface area is 89.6 Å². The molecule has 2 heterocycles. The van der Waals surface area contributed by atoms with Crippen LogP contribution in [0.5, 0.6) is 0 Å². The first-order valence-electron chi connectivity index (χ1n) is 5.40. The molecule has 0 atom stereocenters. The molecule has 6 nitrogen and oxygen atoms in total. The Balaban J connectivity index is 1.77. The van der Waals surface area contributed by atoms with E-state index in [1.165, 1.54) is 25.9 Å². The van der Waals surface area contributed by atoms with E-state index in [4.69, 9.17) is 0 Å². The molecule has 0 radical (unpaired) electrons. The summed E-state index contributed by atoms with van der Waals surface area (Å²) in [6.45, 7) is 3.37. The number of rotatable bonds is 3. The first kappa shape index (κ1) is 10.4. The highest BCUT2D eigenvalue weighted by atomic mass is 15.6. The number of piperidine rings is 1. The maximum atomic E-state index is 3.90. The fourth-order valence-electron chi connectivity index (χ4n) is 1.88. The van der Waals surface area contributed by atoms with Gasteiger partial charge in [0.25, 0.3) is 0 Å². The molecular formula is C9H18N6. The van der Waals surface area contributed by atoms with Crippen LogP contribution in [0.25, 0.3) is 0 Å². The highest BCUT2D eigenvalue weighted by molar-refractivity contribution is 5.20. The van der Waals surface area contributed by atoms with Crippen LogP contribution in [0.3, 0.4) is 0 Å². The van der Waals surface area contributed by atoms with Crippen molar-refractivity contribution in [3.63, 3.8) is 0 Å². The fourth-order valence-corrected chi connectivity index (χ4v) is 1.88. The summed E-state index contributed by atoms with van der Waals surface area (Å²) in [5, 5.41) is 14.5. The summed E-state index contributed by atoms with van der Waals surface area (Å²) in [6, 6.07) is 0. The number of tetrazole rings is 1. The van der Waals surface area contributed by atoms with Crippen LogP contribution in [0.4, 0.5) is 5.95 Å². The zero-order valence-corrected chi connectivity index (χ0v) is 9.35. The van der Waals surface area contributed by atoms with Crippen LogP contribution in [-0.4, -0.2) is 51.8 Å². The standard InChI is InChI=1S/C9H18N6/c1-14-5-3-8(4-6-14)7-10-9-11-12-13-15(9)2/h8H,3-7H2,1-2H3,(H,10,11,13). The zero-order chi connectivity index (χ0) is 10.7. The molecule has 2 rings (SSSR count). The van der Waals surface area contributed by atoms with Gasteiger partial charge in [-0.3, -0.25) is 0 Å². The molecule has 1 N–H and O–H groups in total. The third-order valence-corrected chi connectivity index (χ3v) is 3.01. The molecule has 1 saturated heterocycles.